The zero-order valence-corrected chi connectivity index (χ0v) is 12.5. The summed E-state index contributed by atoms with van der Waals surface area (Å²) in [5, 5.41) is 11.5. The third-order valence-corrected chi connectivity index (χ3v) is 3.61. The minimum absolute atomic E-state index is 0.122. The molecule has 1 rings (SSSR count). The highest BCUT2D eigenvalue weighted by atomic mass is 32.2. The number of carboxylic acids is 1. The summed E-state index contributed by atoms with van der Waals surface area (Å²) in [6, 6.07) is 3.91. The van der Waals surface area contributed by atoms with E-state index >= 15 is 0 Å². The van der Waals surface area contributed by atoms with E-state index in [1.807, 2.05) is 6.26 Å². The molecule has 0 saturated carbocycles. The molecule has 116 valence electrons. The van der Waals surface area contributed by atoms with E-state index in [4.69, 9.17) is 10.8 Å². The first-order chi connectivity index (χ1) is 9.95. The number of carbonyl (C=O) groups excluding carboxylic acids is 1. The van der Waals surface area contributed by atoms with Crippen molar-refractivity contribution in [2.24, 2.45) is 5.73 Å². The zero-order chi connectivity index (χ0) is 15.8. The Morgan fingerprint density at radius 1 is 1.43 bits per heavy atom. The molecule has 0 saturated heterocycles. The van der Waals surface area contributed by atoms with Crippen LogP contribution in [-0.2, 0) is 16.0 Å². The van der Waals surface area contributed by atoms with Crippen molar-refractivity contribution in [1.29, 1.82) is 0 Å². The molecule has 1 aromatic rings. The molecule has 0 heterocycles. The number of halogens is 1. The number of thioether (sulfide) groups is 1. The highest BCUT2D eigenvalue weighted by Gasteiger charge is 2.24. The Kier molecular flexibility index (Phi) is 7.18. The molecule has 0 bridgehead atoms. The summed E-state index contributed by atoms with van der Waals surface area (Å²) in [4.78, 5) is 23.0. The molecule has 0 fully saturated rings. The van der Waals surface area contributed by atoms with Crippen LogP contribution in [0.2, 0.25) is 0 Å². The number of hydrogen-bond donors (Lipinski definition) is 3. The van der Waals surface area contributed by atoms with Gasteiger partial charge in [-0.15, -0.1) is 0 Å². The molecule has 21 heavy (non-hydrogen) atoms. The van der Waals surface area contributed by atoms with Crippen LogP contribution >= 0.6 is 11.8 Å². The van der Waals surface area contributed by atoms with Gasteiger partial charge in [-0.1, -0.05) is 18.2 Å². The lowest BCUT2D eigenvalue weighted by atomic mass is 10.0. The van der Waals surface area contributed by atoms with E-state index in [0.717, 1.165) is 0 Å². The Morgan fingerprint density at radius 3 is 2.67 bits per heavy atom. The van der Waals surface area contributed by atoms with Crippen molar-refractivity contribution in [1.82, 2.24) is 5.32 Å². The molecule has 1 amide bonds. The van der Waals surface area contributed by atoms with E-state index in [1.165, 1.54) is 18.2 Å². The molecule has 1 aromatic carbocycles. The highest BCUT2D eigenvalue weighted by Crippen LogP contribution is 2.10. The summed E-state index contributed by atoms with van der Waals surface area (Å²) in [5.74, 6) is -1.54. The van der Waals surface area contributed by atoms with E-state index in [-0.39, 0.29) is 12.0 Å². The van der Waals surface area contributed by atoms with Crippen LogP contribution < -0.4 is 11.1 Å². The molecule has 0 aliphatic rings. The van der Waals surface area contributed by atoms with Gasteiger partial charge in [0.05, 0.1) is 6.04 Å². The molecule has 0 radical (unpaired) electrons. The molecule has 0 aliphatic carbocycles. The molecule has 2 atom stereocenters. The predicted octanol–water partition coefficient (Wildman–Crippen LogP) is 1.02. The van der Waals surface area contributed by atoms with Crippen molar-refractivity contribution < 1.29 is 19.1 Å². The van der Waals surface area contributed by atoms with Crippen molar-refractivity contribution in [3.05, 3.63) is 35.6 Å². The fourth-order valence-electron chi connectivity index (χ4n) is 1.74. The first-order valence-corrected chi connectivity index (χ1v) is 7.86. The lowest BCUT2D eigenvalue weighted by molar-refractivity contribution is -0.142. The van der Waals surface area contributed by atoms with Gasteiger partial charge in [0.1, 0.15) is 11.9 Å². The summed E-state index contributed by atoms with van der Waals surface area (Å²) in [6.07, 6.45) is 2.23. The summed E-state index contributed by atoms with van der Waals surface area (Å²) in [5.41, 5.74) is 5.92. The van der Waals surface area contributed by atoms with Crippen molar-refractivity contribution in [3.63, 3.8) is 0 Å². The van der Waals surface area contributed by atoms with Crippen LogP contribution in [0.4, 0.5) is 4.39 Å². The zero-order valence-electron chi connectivity index (χ0n) is 11.7. The third-order valence-electron chi connectivity index (χ3n) is 2.97. The minimum atomic E-state index is -1.22. The van der Waals surface area contributed by atoms with Crippen LogP contribution in [0.25, 0.3) is 0 Å². The smallest absolute Gasteiger partial charge is 0.326 e. The average Bonchev–Trinajstić information content (AvgIpc) is 2.45. The Balaban J connectivity index is 2.68. The third kappa shape index (κ3) is 5.73. The van der Waals surface area contributed by atoms with E-state index < -0.39 is 29.8 Å². The Morgan fingerprint density at radius 2 is 2.10 bits per heavy atom. The highest BCUT2D eigenvalue weighted by molar-refractivity contribution is 7.98. The van der Waals surface area contributed by atoms with Gasteiger partial charge in [0, 0.05) is 6.42 Å². The average molecular weight is 314 g/mol. The van der Waals surface area contributed by atoms with Gasteiger partial charge >= 0.3 is 5.97 Å². The quantitative estimate of drug-likeness (QED) is 0.666. The maximum atomic E-state index is 13.5. The van der Waals surface area contributed by atoms with E-state index in [9.17, 15) is 14.0 Å². The predicted molar refractivity (Wildman–Crippen MR) is 80.6 cm³/mol. The van der Waals surface area contributed by atoms with E-state index in [1.54, 1.807) is 17.8 Å². The van der Waals surface area contributed by atoms with Crippen LogP contribution in [0.15, 0.2) is 24.3 Å². The molecule has 4 N–H and O–H groups in total. The number of hydrogen-bond acceptors (Lipinski definition) is 4. The number of nitrogens with one attached hydrogen (secondary N) is 1. The van der Waals surface area contributed by atoms with Gasteiger partial charge in [-0.3, -0.25) is 4.79 Å². The van der Waals surface area contributed by atoms with Crippen molar-refractivity contribution in [3.8, 4) is 0 Å². The van der Waals surface area contributed by atoms with Crippen molar-refractivity contribution in [2.75, 3.05) is 12.0 Å². The number of amides is 1. The van der Waals surface area contributed by atoms with Crippen molar-refractivity contribution >= 4 is 23.6 Å². The number of carbonyl (C=O) groups is 2. The molecular weight excluding hydrogens is 295 g/mol. The summed E-state index contributed by atoms with van der Waals surface area (Å²) in [6.45, 7) is 0. The lowest BCUT2D eigenvalue weighted by Gasteiger charge is -2.18. The van der Waals surface area contributed by atoms with Crippen LogP contribution in [0.5, 0.6) is 0 Å². The first-order valence-electron chi connectivity index (χ1n) is 6.46. The molecule has 0 aromatic heterocycles. The van der Waals surface area contributed by atoms with Gasteiger partial charge < -0.3 is 16.2 Å². The second-order valence-corrected chi connectivity index (χ2v) is 5.57. The molecule has 0 aliphatic heterocycles. The Bertz CT molecular complexity index is 499. The Labute approximate surface area is 127 Å². The molecular formula is C14H19FN2O3S. The van der Waals surface area contributed by atoms with E-state index in [0.29, 0.717) is 12.2 Å². The van der Waals surface area contributed by atoms with Crippen molar-refractivity contribution in [2.45, 2.75) is 24.9 Å². The molecule has 0 spiro atoms. The Hall–Kier alpha value is -1.60. The van der Waals surface area contributed by atoms with Crippen LogP contribution in [0.3, 0.4) is 0 Å². The number of aliphatic carboxylic acids is 1. The topological polar surface area (TPSA) is 92.4 Å². The number of nitrogens with two attached hydrogens (primary N) is 1. The number of rotatable bonds is 8. The molecule has 1 unspecified atom stereocenters. The summed E-state index contributed by atoms with van der Waals surface area (Å²) in [7, 11) is 0. The van der Waals surface area contributed by atoms with Crippen LogP contribution in [0.1, 0.15) is 12.0 Å². The van der Waals surface area contributed by atoms with Crippen LogP contribution in [0, 0.1) is 5.82 Å². The van der Waals surface area contributed by atoms with E-state index in [2.05, 4.69) is 5.32 Å². The van der Waals surface area contributed by atoms with Gasteiger partial charge in [-0.05, 0) is 30.1 Å². The minimum Gasteiger partial charge on any atom is -0.480 e. The summed E-state index contributed by atoms with van der Waals surface area (Å²) < 4.78 is 13.5. The van der Waals surface area contributed by atoms with Gasteiger partial charge in [0.2, 0.25) is 5.91 Å². The normalized spacial score (nSPS) is 13.5. The monoisotopic (exact) mass is 314 g/mol. The number of carboxylic acid groups (broad SMARTS) is 1. The lowest BCUT2D eigenvalue weighted by Crippen LogP contribution is -2.49. The second-order valence-electron chi connectivity index (χ2n) is 4.58. The standard InChI is InChI=1S/C14H19FN2O3S/c1-21-7-6-11(16)13(18)17-12(14(19)20)8-9-4-2-3-5-10(9)15/h2-5,11-12H,6-8,16H2,1H3,(H,17,18)(H,19,20)/t11-,12?/m0/s1. The van der Waals surface area contributed by atoms with Gasteiger partial charge in [0.15, 0.2) is 0 Å². The SMILES string of the molecule is CSCC[C@H](N)C(=O)NC(Cc1ccccc1F)C(=O)O. The van der Waals surface area contributed by atoms with Crippen LogP contribution in [-0.4, -0.2) is 41.1 Å². The summed E-state index contributed by atoms with van der Waals surface area (Å²) >= 11 is 1.55. The maximum Gasteiger partial charge on any atom is 0.326 e. The molecule has 5 nitrogen and oxygen atoms in total. The molecule has 7 heteroatoms. The maximum absolute atomic E-state index is 13.5. The number of benzene rings is 1. The fourth-order valence-corrected chi connectivity index (χ4v) is 2.23. The van der Waals surface area contributed by atoms with Gasteiger partial charge in [0.25, 0.3) is 0 Å². The second kappa shape index (κ2) is 8.63. The fraction of sp³-hybridized carbons (Fsp3) is 0.429. The largest absolute Gasteiger partial charge is 0.480 e. The first kappa shape index (κ1) is 17.5. The van der Waals surface area contributed by atoms with Gasteiger partial charge in [-0.2, -0.15) is 11.8 Å². The van der Waals surface area contributed by atoms with Gasteiger partial charge in [-0.25, -0.2) is 9.18 Å².